The maximum atomic E-state index is 12.3. The third kappa shape index (κ3) is 3.64. The first-order chi connectivity index (χ1) is 11.8. The molecule has 0 bridgehead atoms. The summed E-state index contributed by atoms with van der Waals surface area (Å²) in [6.45, 7) is 4.05. The lowest BCUT2D eigenvalue weighted by atomic mass is 10.2. The van der Waals surface area contributed by atoms with Crippen molar-refractivity contribution < 1.29 is 14.7 Å². The third-order valence-corrected chi connectivity index (χ3v) is 4.65. The number of aliphatic carboxylic acids is 1. The molecule has 0 saturated carbocycles. The van der Waals surface area contributed by atoms with Crippen molar-refractivity contribution in [3.05, 3.63) is 40.4 Å². The molecule has 1 amide bonds. The molecule has 9 heteroatoms. The predicted molar refractivity (Wildman–Crippen MR) is 91.4 cm³/mol. The fourth-order valence-electron chi connectivity index (χ4n) is 2.82. The highest BCUT2D eigenvalue weighted by molar-refractivity contribution is 6.31. The molecule has 0 spiro atoms. The van der Waals surface area contributed by atoms with Gasteiger partial charge < -0.3 is 15.0 Å². The van der Waals surface area contributed by atoms with Crippen LogP contribution < -0.4 is 5.32 Å². The summed E-state index contributed by atoms with van der Waals surface area (Å²) in [5, 5.41) is 20.8. The lowest BCUT2D eigenvalue weighted by Gasteiger charge is -2.32. The Labute approximate surface area is 149 Å². The molecular formula is C16H18ClN5O3. The van der Waals surface area contributed by atoms with Gasteiger partial charge in [-0.3, -0.25) is 14.5 Å². The van der Waals surface area contributed by atoms with Crippen LogP contribution in [0.25, 0.3) is 0 Å². The van der Waals surface area contributed by atoms with Gasteiger partial charge in [-0.05, 0) is 31.5 Å². The minimum atomic E-state index is -0.982. The molecule has 0 saturated heterocycles. The van der Waals surface area contributed by atoms with E-state index < -0.39 is 12.0 Å². The van der Waals surface area contributed by atoms with Crippen molar-refractivity contribution in [1.82, 2.24) is 19.7 Å². The molecule has 0 aliphatic carbocycles. The van der Waals surface area contributed by atoms with Crippen LogP contribution in [0, 0.1) is 13.8 Å². The highest BCUT2D eigenvalue weighted by Gasteiger charge is 2.34. The van der Waals surface area contributed by atoms with Crippen LogP contribution in [0.5, 0.6) is 0 Å². The van der Waals surface area contributed by atoms with Crippen molar-refractivity contribution >= 4 is 29.2 Å². The van der Waals surface area contributed by atoms with E-state index in [1.54, 1.807) is 28.5 Å². The van der Waals surface area contributed by atoms with Gasteiger partial charge in [0, 0.05) is 10.7 Å². The zero-order chi connectivity index (χ0) is 18.1. The van der Waals surface area contributed by atoms with Crippen molar-refractivity contribution in [3.63, 3.8) is 0 Å². The van der Waals surface area contributed by atoms with Crippen LogP contribution in [0.1, 0.15) is 17.2 Å². The smallest absolute Gasteiger partial charge is 0.322 e. The molecule has 0 fully saturated rings. The highest BCUT2D eigenvalue weighted by Crippen LogP contribution is 2.21. The van der Waals surface area contributed by atoms with E-state index in [-0.39, 0.29) is 25.5 Å². The SMILES string of the molecule is Cc1ccc(NC(=O)CN2Cc3nnc(C)n3CC2C(=O)O)cc1Cl. The van der Waals surface area contributed by atoms with Gasteiger partial charge in [0.05, 0.1) is 19.6 Å². The topological polar surface area (TPSA) is 100 Å². The van der Waals surface area contributed by atoms with Crippen LogP contribution in [-0.4, -0.2) is 49.2 Å². The van der Waals surface area contributed by atoms with Gasteiger partial charge in [0.25, 0.3) is 0 Å². The maximum absolute atomic E-state index is 12.3. The molecule has 1 aromatic heterocycles. The van der Waals surface area contributed by atoms with Gasteiger partial charge in [0.15, 0.2) is 0 Å². The van der Waals surface area contributed by atoms with Gasteiger partial charge >= 0.3 is 5.97 Å². The molecule has 8 nitrogen and oxygen atoms in total. The van der Waals surface area contributed by atoms with E-state index in [4.69, 9.17) is 11.6 Å². The number of aromatic nitrogens is 3. The highest BCUT2D eigenvalue weighted by atomic mass is 35.5. The largest absolute Gasteiger partial charge is 0.480 e. The molecule has 25 heavy (non-hydrogen) atoms. The van der Waals surface area contributed by atoms with Crippen LogP contribution in [0.15, 0.2) is 18.2 Å². The van der Waals surface area contributed by atoms with E-state index in [9.17, 15) is 14.7 Å². The molecule has 1 aromatic carbocycles. The Morgan fingerprint density at radius 1 is 1.36 bits per heavy atom. The Hall–Kier alpha value is -2.45. The number of carbonyl (C=O) groups excluding carboxylic acids is 1. The number of rotatable bonds is 4. The van der Waals surface area contributed by atoms with Crippen LogP contribution >= 0.6 is 11.6 Å². The molecule has 2 N–H and O–H groups in total. The average molecular weight is 364 g/mol. The first kappa shape index (κ1) is 17.4. The van der Waals surface area contributed by atoms with E-state index in [1.807, 2.05) is 13.0 Å². The molecule has 2 aromatic rings. The Balaban J connectivity index is 1.72. The number of fused-ring (bicyclic) bond motifs is 1. The number of carbonyl (C=O) groups is 2. The summed E-state index contributed by atoms with van der Waals surface area (Å²) in [7, 11) is 0. The molecule has 1 aliphatic rings. The Morgan fingerprint density at radius 3 is 2.80 bits per heavy atom. The molecular weight excluding hydrogens is 346 g/mol. The van der Waals surface area contributed by atoms with Gasteiger partial charge in [-0.15, -0.1) is 10.2 Å². The van der Waals surface area contributed by atoms with Crippen molar-refractivity contribution in [2.75, 3.05) is 11.9 Å². The molecule has 132 valence electrons. The van der Waals surface area contributed by atoms with Gasteiger partial charge in [-0.2, -0.15) is 0 Å². The second-order valence-electron chi connectivity index (χ2n) is 6.05. The minimum absolute atomic E-state index is 0.0611. The van der Waals surface area contributed by atoms with E-state index in [2.05, 4.69) is 15.5 Å². The normalized spacial score (nSPS) is 17.2. The molecule has 1 unspecified atom stereocenters. The molecule has 1 atom stereocenters. The van der Waals surface area contributed by atoms with Gasteiger partial charge in [-0.25, -0.2) is 0 Å². The number of hydrogen-bond donors (Lipinski definition) is 2. The second-order valence-corrected chi connectivity index (χ2v) is 6.45. The summed E-state index contributed by atoms with van der Waals surface area (Å²) >= 11 is 6.06. The zero-order valence-corrected chi connectivity index (χ0v) is 14.6. The quantitative estimate of drug-likeness (QED) is 0.852. The van der Waals surface area contributed by atoms with Crippen molar-refractivity contribution in [2.24, 2.45) is 0 Å². The Bertz CT molecular complexity index is 835. The van der Waals surface area contributed by atoms with E-state index in [0.717, 1.165) is 5.56 Å². The molecule has 2 heterocycles. The van der Waals surface area contributed by atoms with E-state index in [0.29, 0.717) is 22.4 Å². The molecule has 3 rings (SSSR count). The Kier molecular flexibility index (Phi) is 4.73. The minimum Gasteiger partial charge on any atom is -0.480 e. The van der Waals surface area contributed by atoms with Crippen LogP contribution in [-0.2, 0) is 22.7 Å². The Morgan fingerprint density at radius 2 is 2.12 bits per heavy atom. The first-order valence-corrected chi connectivity index (χ1v) is 8.14. The van der Waals surface area contributed by atoms with Gasteiger partial charge in [-0.1, -0.05) is 17.7 Å². The summed E-state index contributed by atoms with van der Waals surface area (Å²) in [6.07, 6.45) is 0. The number of hydrogen-bond acceptors (Lipinski definition) is 5. The monoisotopic (exact) mass is 363 g/mol. The number of nitrogens with one attached hydrogen (secondary N) is 1. The van der Waals surface area contributed by atoms with E-state index in [1.165, 1.54) is 0 Å². The number of aryl methyl sites for hydroxylation is 2. The summed E-state index contributed by atoms with van der Waals surface area (Å²) in [5.74, 6) is 0.0293. The summed E-state index contributed by atoms with van der Waals surface area (Å²) in [6, 6.07) is 4.42. The fraction of sp³-hybridized carbons (Fsp3) is 0.375. The van der Waals surface area contributed by atoms with Crippen molar-refractivity contribution in [1.29, 1.82) is 0 Å². The number of halogens is 1. The van der Waals surface area contributed by atoms with Crippen molar-refractivity contribution in [2.45, 2.75) is 33.0 Å². The third-order valence-electron chi connectivity index (χ3n) is 4.24. The summed E-state index contributed by atoms with van der Waals surface area (Å²) in [5.41, 5.74) is 1.49. The first-order valence-electron chi connectivity index (χ1n) is 7.76. The van der Waals surface area contributed by atoms with Gasteiger partial charge in [0.1, 0.15) is 17.7 Å². The lowest BCUT2D eigenvalue weighted by molar-refractivity contribution is -0.145. The standard InChI is InChI=1S/C16H18ClN5O3/c1-9-3-4-11(5-12(9)17)18-15(23)8-21-7-14-20-19-10(2)22(14)6-13(21)16(24)25/h3-5,13H,6-8H2,1-2H3,(H,18,23)(H,24,25). The number of benzene rings is 1. The number of nitrogens with zero attached hydrogens (tertiary/aromatic N) is 4. The molecule has 1 aliphatic heterocycles. The maximum Gasteiger partial charge on any atom is 0.322 e. The molecule has 0 radical (unpaired) electrons. The van der Waals surface area contributed by atoms with Crippen LogP contribution in [0.2, 0.25) is 5.02 Å². The lowest BCUT2D eigenvalue weighted by Crippen LogP contribution is -2.50. The average Bonchev–Trinajstić information content (AvgIpc) is 2.90. The van der Waals surface area contributed by atoms with Gasteiger partial charge in [0.2, 0.25) is 5.91 Å². The summed E-state index contributed by atoms with van der Waals surface area (Å²) in [4.78, 5) is 25.5. The second kappa shape index (κ2) is 6.81. The fourth-order valence-corrected chi connectivity index (χ4v) is 3.00. The number of carboxylic acid groups (broad SMARTS) is 1. The summed E-state index contributed by atoms with van der Waals surface area (Å²) < 4.78 is 1.77. The van der Waals surface area contributed by atoms with E-state index >= 15 is 0 Å². The van der Waals surface area contributed by atoms with Crippen molar-refractivity contribution in [3.8, 4) is 0 Å². The van der Waals surface area contributed by atoms with Crippen LogP contribution in [0.3, 0.4) is 0 Å². The van der Waals surface area contributed by atoms with Crippen LogP contribution in [0.4, 0.5) is 5.69 Å². The number of anilines is 1. The number of amides is 1. The number of carboxylic acids is 1. The predicted octanol–water partition coefficient (Wildman–Crippen LogP) is 1.46. The zero-order valence-electron chi connectivity index (χ0n) is 13.9.